The van der Waals surface area contributed by atoms with Crippen LogP contribution in [0.5, 0.6) is 0 Å². The molecule has 0 atom stereocenters. The van der Waals surface area contributed by atoms with Gasteiger partial charge < -0.3 is 4.57 Å². The average molecular weight is 546 g/mol. The first-order valence-corrected chi connectivity index (χ1v) is 14.8. The predicted molar refractivity (Wildman–Crippen MR) is 184 cm³/mol. The number of benzene rings is 8. The lowest BCUT2D eigenvalue weighted by Gasteiger charge is -2.10. The summed E-state index contributed by atoms with van der Waals surface area (Å²) in [6.45, 7) is 0. The SMILES string of the molecule is c1ccc(-n2c3ccccc3c3c4ccc(-c5ccc6cc(-c7ccc8ccccc8c7)ccc6c5)cc4ccc32)cc1. The maximum absolute atomic E-state index is 2.38. The molecule has 1 heteroatoms. The van der Waals surface area contributed by atoms with E-state index in [4.69, 9.17) is 0 Å². The highest BCUT2D eigenvalue weighted by atomic mass is 15.0. The summed E-state index contributed by atoms with van der Waals surface area (Å²) in [5.74, 6) is 0. The van der Waals surface area contributed by atoms with Crippen molar-refractivity contribution in [3.63, 3.8) is 0 Å². The minimum atomic E-state index is 1.18. The summed E-state index contributed by atoms with van der Waals surface area (Å²) in [6.07, 6.45) is 0. The molecule has 9 aromatic rings. The Hall–Kier alpha value is -5.66. The van der Waals surface area contributed by atoms with Gasteiger partial charge in [-0.3, -0.25) is 0 Å². The van der Waals surface area contributed by atoms with E-state index < -0.39 is 0 Å². The average Bonchev–Trinajstić information content (AvgIpc) is 3.42. The molecule has 0 fully saturated rings. The molecule has 0 radical (unpaired) electrons. The molecule has 0 spiro atoms. The maximum Gasteiger partial charge on any atom is 0.0547 e. The molecule has 0 saturated heterocycles. The van der Waals surface area contributed by atoms with Crippen LogP contribution < -0.4 is 0 Å². The molecule has 1 aromatic heterocycles. The topological polar surface area (TPSA) is 4.93 Å². The van der Waals surface area contributed by atoms with Crippen molar-refractivity contribution in [2.75, 3.05) is 0 Å². The van der Waals surface area contributed by atoms with Crippen LogP contribution in [0.25, 0.3) is 82.1 Å². The Bertz CT molecular complexity index is 2500. The molecule has 0 amide bonds. The van der Waals surface area contributed by atoms with Gasteiger partial charge in [0.05, 0.1) is 11.0 Å². The molecule has 0 bridgehead atoms. The van der Waals surface area contributed by atoms with Crippen LogP contribution in [0.1, 0.15) is 0 Å². The number of hydrogen-bond acceptors (Lipinski definition) is 0. The molecule has 0 aliphatic carbocycles. The Morgan fingerprint density at radius 3 is 1.53 bits per heavy atom. The third kappa shape index (κ3) is 3.86. The second kappa shape index (κ2) is 9.44. The molecule has 0 N–H and O–H groups in total. The summed E-state index contributed by atoms with van der Waals surface area (Å²) in [6, 6.07) is 59.8. The van der Waals surface area contributed by atoms with Crippen LogP contribution in [0.2, 0.25) is 0 Å². The molecule has 0 unspecified atom stereocenters. The maximum atomic E-state index is 2.38. The van der Waals surface area contributed by atoms with Gasteiger partial charge in [0, 0.05) is 16.5 Å². The first kappa shape index (κ1) is 24.0. The highest BCUT2D eigenvalue weighted by Crippen LogP contribution is 2.38. The molecular weight excluding hydrogens is 518 g/mol. The second-order valence-electron chi connectivity index (χ2n) is 11.4. The Kier molecular flexibility index (Phi) is 5.27. The molecule has 200 valence electrons. The van der Waals surface area contributed by atoms with E-state index in [0.29, 0.717) is 0 Å². The van der Waals surface area contributed by atoms with Crippen LogP contribution in [0, 0.1) is 0 Å². The zero-order valence-electron chi connectivity index (χ0n) is 23.5. The summed E-state index contributed by atoms with van der Waals surface area (Å²) in [4.78, 5) is 0. The van der Waals surface area contributed by atoms with E-state index >= 15 is 0 Å². The van der Waals surface area contributed by atoms with Crippen molar-refractivity contribution in [3.8, 4) is 27.9 Å². The summed E-state index contributed by atoms with van der Waals surface area (Å²) >= 11 is 0. The summed E-state index contributed by atoms with van der Waals surface area (Å²) in [7, 11) is 0. The number of hydrogen-bond donors (Lipinski definition) is 0. The monoisotopic (exact) mass is 545 g/mol. The fourth-order valence-corrected chi connectivity index (χ4v) is 6.81. The molecule has 1 nitrogen and oxygen atoms in total. The van der Waals surface area contributed by atoms with Crippen molar-refractivity contribution in [2.24, 2.45) is 0 Å². The van der Waals surface area contributed by atoms with Gasteiger partial charge in [0.2, 0.25) is 0 Å². The molecule has 43 heavy (non-hydrogen) atoms. The van der Waals surface area contributed by atoms with E-state index in [-0.39, 0.29) is 0 Å². The lowest BCUT2D eigenvalue weighted by atomic mass is 9.95. The van der Waals surface area contributed by atoms with Crippen LogP contribution in [-0.2, 0) is 0 Å². The number of fused-ring (bicyclic) bond motifs is 7. The van der Waals surface area contributed by atoms with Crippen LogP contribution in [0.3, 0.4) is 0 Å². The van der Waals surface area contributed by atoms with E-state index in [0.717, 1.165) is 0 Å². The van der Waals surface area contributed by atoms with Crippen LogP contribution in [0.15, 0.2) is 164 Å². The van der Waals surface area contributed by atoms with Crippen LogP contribution >= 0.6 is 0 Å². The Labute approximate surface area is 249 Å². The lowest BCUT2D eigenvalue weighted by molar-refractivity contribution is 1.18. The van der Waals surface area contributed by atoms with Gasteiger partial charge in [0.15, 0.2) is 0 Å². The zero-order chi connectivity index (χ0) is 28.3. The van der Waals surface area contributed by atoms with Crippen molar-refractivity contribution in [1.29, 1.82) is 0 Å². The normalized spacial score (nSPS) is 11.7. The second-order valence-corrected chi connectivity index (χ2v) is 11.4. The third-order valence-electron chi connectivity index (χ3n) is 8.92. The van der Waals surface area contributed by atoms with Gasteiger partial charge in [-0.2, -0.15) is 0 Å². The molecule has 0 aliphatic rings. The minimum absolute atomic E-state index is 1.18. The van der Waals surface area contributed by atoms with Gasteiger partial charge in [-0.05, 0) is 103 Å². The van der Waals surface area contributed by atoms with E-state index in [1.54, 1.807) is 0 Å². The van der Waals surface area contributed by atoms with Gasteiger partial charge in [0.25, 0.3) is 0 Å². The number of nitrogens with zero attached hydrogens (tertiary/aromatic N) is 1. The van der Waals surface area contributed by atoms with Gasteiger partial charge in [-0.1, -0.05) is 115 Å². The van der Waals surface area contributed by atoms with E-state index in [2.05, 4.69) is 168 Å². The first-order valence-electron chi connectivity index (χ1n) is 14.8. The van der Waals surface area contributed by atoms with Crippen molar-refractivity contribution in [2.45, 2.75) is 0 Å². The van der Waals surface area contributed by atoms with Gasteiger partial charge in [-0.15, -0.1) is 0 Å². The van der Waals surface area contributed by atoms with E-state index in [9.17, 15) is 0 Å². The number of para-hydroxylation sites is 2. The van der Waals surface area contributed by atoms with Crippen molar-refractivity contribution < 1.29 is 0 Å². The molecule has 9 rings (SSSR count). The Morgan fingerprint density at radius 1 is 0.302 bits per heavy atom. The van der Waals surface area contributed by atoms with Gasteiger partial charge in [-0.25, -0.2) is 0 Å². The minimum Gasteiger partial charge on any atom is -0.309 e. The summed E-state index contributed by atoms with van der Waals surface area (Å²) < 4.78 is 2.38. The first-order chi connectivity index (χ1) is 21.3. The van der Waals surface area contributed by atoms with E-state index in [1.165, 1.54) is 82.1 Å². The third-order valence-corrected chi connectivity index (χ3v) is 8.92. The fourth-order valence-electron chi connectivity index (χ4n) is 6.81. The largest absolute Gasteiger partial charge is 0.309 e. The Balaban J connectivity index is 1.14. The Morgan fingerprint density at radius 2 is 0.814 bits per heavy atom. The van der Waals surface area contributed by atoms with E-state index in [1.807, 2.05) is 0 Å². The summed E-state index contributed by atoms with van der Waals surface area (Å²) in [5.41, 5.74) is 8.62. The molecule has 1 heterocycles. The van der Waals surface area contributed by atoms with Crippen LogP contribution in [0.4, 0.5) is 0 Å². The van der Waals surface area contributed by atoms with Gasteiger partial charge >= 0.3 is 0 Å². The smallest absolute Gasteiger partial charge is 0.0547 e. The standard InChI is InChI=1S/C42H27N/c1-2-10-37(11-3-1)43-40-13-7-6-12-39(40)42-38-22-20-35(27-36(38)21-23-41(42)43)34-19-18-32-25-31(16-17-33(32)26-34)30-15-14-28-8-4-5-9-29(28)24-30/h1-27H. The predicted octanol–water partition coefficient (Wildman–Crippen LogP) is 11.6. The molecule has 8 aromatic carbocycles. The highest BCUT2D eigenvalue weighted by molar-refractivity contribution is 6.21. The molecule has 0 aliphatic heterocycles. The van der Waals surface area contributed by atoms with Crippen molar-refractivity contribution in [1.82, 2.24) is 4.57 Å². The zero-order valence-corrected chi connectivity index (χ0v) is 23.5. The number of aromatic nitrogens is 1. The van der Waals surface area contributed by atoms with Crippen molar-refractivity contribution in [3.05, 3.63) is 164 Å². The van der Waals surface area contributed by atoms with Crippen LogP contribution in [-0.4, -0.2) is 4.57 Å². The van der Waals surface area contributed by atoms with Crippen molar-refractivity contribution >= 4 is 54.1 Å². The lowest BCUT2D eigenvalue weighted by Crippen LogP contribution is -1.92. The number of rotatable bonds is 3. The molecule has 0 saturated carbocycles. The highest BCUT2D eigenvalue weighted by Gasteiger charge is 2.15. The quantitative estimate of drug-likeness (QED) is 0.208. The summed E-state index contributed by atoms with van der Waals surface area (Å²) in [5, 5.41) is 10.2. The fraction of sp³-hybridized carbons (Fsp3) is 0. The van der Waals surface area contributed by atoms with Gasteiger partial charge in [0.1, 0.15) is 0 Å². The molecular formula is C42H27N.